The van der Waals surface area contributed by atoms with Crippen molar-refractivity contribution in [1.29, 1.82) is 0 Å². The molecular formula is C45H86N2O13Si. The van der Waals surface area contributed by atoms with Crippen molar-refractivity contribution in [1.82, 2.24) is 4.90 Å². The van der Waals surface area contributed by atoms with Crippen LogP contribution in [-0.2, 0) is 47.2 Å². The van der Waals surface area contributed by atoms with Gasteiger partial charge < -0.3 is 62.6 Å². The van der Waals surface area contributed by atoms with Crippen LogP contribution in [0.5, 0.6) is 0 Å². The summed E-state index contributed by atoms with van der Waals surface area (Å²) in [6.45, 7) is 30.5. The molecule has 3 N–H and O–H groups in total. The number of oxime groups is 1. The van der Waals surface area contributed by atoms with Gasteiger partial charge in [-0.2, -0.15) is 0 Å². The van der Waals surface area contributed by atoms with Crippen molar-refractivity contribution in [3.05, 3.63) is 0 Å². The average molecular weight is 891 g/mol. The number of hydrogen-bond donors (Lipinski definition) is 3. The summed E-state index contributed by atoms with van der Waals surface area (Å²) in [5.41, 5.74) is -4.06. The maximum absolute atomic E-state index is 14.6. The number of aliphatic hydroxyl groups excluding tert-OH is 2. The Morgan fingerprint density at radius 3 is 1.97 bits per heavy atom. The summed E-state index contributed by atoms with van der Waals surface area (Å²) < 4.78 is 52.6. The van der Waals surface area contributed by atoms with Crippen LogP contribution in [0.3, 0.4) is 0 Å². The zero-order valence-corrected chi connectivity index (χ0v) is 42.3. The fraction of sp³-hybridized carbons (Fsp3) is 0.956. The Morgan fingerprint density at radius 2 is 1.46 bits per heavy atom. The maximum atomic E-state index is 14.6. The number of carbonyl (C=O) groups excluding carboxylic acids is 1. The number of cyclic esters (lactones) is 1. The molecule has 61 heavy (non-hydrogen) atoms. The van der Waals surface area contributed by atoms with Crippen LogP contribution in [0.2, 0.25) is 19.6 Å². The van der Waals surface area contributed by atoms with Crippen LogP contribution in [0.4, 0.5) is 0 Å². The van der Waals surface area contributed by atoms with E-state index in [-0.39, 0.29) is 37.5 Å². The van der Waals surface area contributed by atoms with Gasteiger partial charge in [-0.15, -0.1) is 0 Å². The van der Waals surface area contributed by atoms with Crippen LogP contribution in [0.25, 0.3) is 0 Å². The highest BCUT2D eigenvalue weighted by molar-refractivity contribution is 6.69. The van der Waals surface area contributed by atoms with Crippen LogP contribution >= 0.6 is 0 Å². The first-order chi connectivity index (χ1) is 27.9. The van der Waals surface area contributed by atoms with Gasteiger partial charge in [0.2, 0.25) is 0 Å². The lowest BCUT2D eigenvalue weighted by molar-refractivity contribution is -0.318. The van der Waals surface area contributed by atoms with Gasteiger partial charge in [0.25, 0.3) is 0 Å². The lowest BCUT2D eigenvalue weighted by Gasteiger charge is -2.51. The molecule has 3 heterocycles. The normalized spacial score (nSPS) is 44.8. The Hall–Kier alpha value is -1.28. The number of hydrogen-bond acceptors (Lipinski definition) is 15. The molecule has 358 valence electrons. The SMILES string of the molecule is CC[C@H]1OC(=O)[C@H](C)[C@@H](O[C@H]2C[C@@](C)(OC)[C@@H](O[Si](C)(C)C)[C@H](C)O2)[C@H](C)[C@@H](O[C@@H]2O[C@H](C)C[C@H](N(C)C)[C@H]2O)[C@](C)(OC)C[C@@H](C)/C(=N\OC(C)(C)C)[C@H](C)[C@@H](O)[C@]1(C)O. The molecule has 0 aromatic rings. The van der Waals surface area contributed by atoms with Gasteiger partial charge >= 0.3 is 5.97 Å². The molecule has 0 aromatic heterocycles. The van der Waals surface area contributed by atoms with E-state index in [9.17, 15) is 20.1 Å². The van der Waals surface area contributed by atoms with E-state index in [1.54, 1.807) is 35.0 Å². The fourth-order valence-electron chi connectivity index (χ4n) is 9.55. The highest BCUT2D eigenvalue weighted by atomic mass is 28.4. The molecule has 0 radical (unpaired) electrons. The number of esters is 1. The molecule has 3 rings (SSSR count). The Balaban J connectivity index is 2.31. The van der Waals surface area contributed by atoms with E-state index < -0.39 is 110 Å². The van der Waals surface area contributed by atoms with Crippen LogP contribution in [0.15, 0.2) is 5.16 Å². The smallest absolute Gasteiger partial charge is 0.311 e. The number of likely N-dealkylation sites (N-methyl/N-ethyl adjacent to an activating group) is 1. The van der Waals surface area contributed by atoms with E-state index in [0.717, 1.165) is 0 Å². The van der Waals surface area contributed by atoms with Crippen LogP contribution in [0, 0.1) is 23.7 Å². The second-order valence-electron chi connectivity index (χ2n) is 21.2. The first kappa shape index (κ1) is 54.1. The van der Waals surface area contributed by atoms with Gasteiger partial charge in [0.15, 0.2) is 20.9 Å². The van der Waals surface area contributed by atoms with Crippen LogP contribution in [0.1, 0.15) is 116 Å². The highest BCUT2D eigenvalue weighted by Gasteiger charge is 2.54. The predicted molar refractivity (Wildman–Crippen MR) is 237 cm³/mol. The van der Waals surface area contributed by atoms with Crippen LogP contribution in [-0.4, -0.2) is 158 Å². The lowest BCUT2D eigenvalue weighted by atomic mass is 9.73. The molecule has 0 saturated carbocycles. The Labute approximate surface area is 368 Å². The van der Waals surface area contributed by atoms with Crippen molar-refractivity contribution >= 4 is 20.0 Å². The largest absolute Gasteiger partial charge is 0.459 e. The summed E-state index contributed by atoms with van der Waals surface area (Å²) in [4.78, 5) is 22.6. The molecule has 3 fully saturated rings. The molecule has 3 aliphatic heterocycles. The first-order valence-corrected chi connectivity index (χ1v) is 25.9. The van der Waals surface area contributed by atoms with E-state index in [0.29, 0.717) is 12.1 Å². The molecule has 0 spiro atoms. The van der Waals surface area contributed by atoms with Gasteiger partial charge in [-0.3, -0.25) is 4.79 Å². The average Bonchev–Trinajstić information content (AvgIpc) is 3.15. The van der Waals surface area contributed by atoms with Crippen molar-refractivity contribution in [3.63, 3.8) is 0 Å². The molecule has 0 bridgehead atoms. The quantitative estimate of drug-likeness (QED) is 0.127. The molecule has 0 amide bonds. The summed E-state index contributed by atoms with van der Waals surface area (Å²) in [5.74, 6) is -3.45. The minimum Gasteiger partial charge on any atom is -0.459 e. The Kier molecular flexibility index (Phi) is 18.5. The van der Waals surface area contributed by atoms with E-state index >= 15 is 0 Å². The fourth-order valence-corrected chi connectivity index (χ4v) is 10.7. The van der Waals surface area contributed by atoms with Crippen molar-refractivity contribution in [2.75, 3.05) is 28.3 Å². The summed E-state index contributed by atoms with van der Waals surface area (Å²) in [6, 6.07) is -0.263. The zero-order valence-electron chi connectivity index (χ0n) is 41.3. The minimum atomic E-state index is -2.04. The standard InChI is InChI=1S/C45H86N2O13Si/c1-21-32-45(13,51)37(49)27(4)34(46-60-42(8,9)10)25(2)23-43(11,52-16)38(58-41-35(48)31(47(14)15)22-26(3)54-41)28(5)36(29(6)40(50)56-32)57-33-24-44(12,53-17)39(30(7)55-33)59-61(18,19)20/h25-33,35-39,41,48-49,51H,21-24H2,1-20H3/b46-34+/t25-,26-,27+,28+,29-,30+,31+,32-,33+,35-,36+,37-,38-,39+,41+,43-,44-,45-/m1/s1. The van der Waals surface area contributed by atoms with Gasteiger partial charge in [-0.1, -0.05) is 32.9 Å². The third-order valence-corrected chi connectivity index (χ3v) is 14.1. The van der Waals surface area contributed by atoms with E-state index in [2.05, 4.69) is 24.8 Å². The van der Waals surface area contributed by atoms with Crippen molar-refractivity contribution in [2.24, 2.45) is 28.8 Å². The van der Waals surface area contributed by atoms with E-state index in [1.165, 1.54) is 6.92 Å². The van der Waals surface area contributed by atoms with Gasteiger partial charge in [0.1, 0.15) is 23.4 Å². The number of nitrogens with zero attached hydrogens (tertiary/aromatic N) is 2. The molecular weight excluding hydrogens is 805 g/mol. The molecule has 18 atom stereocenters. The third-order valence-electron chi connectivity index (χ3n) is 13.2. The number of carbonyl (C=O) groups is 1. The van der Waals surface area contributed by atoms with Crippen molar-refractivity contribution < 1.29 is 62.5 Å². The van der Waals surface area contributed by atoms with Gasteiger partial charge in [-0.05, 0) is 115 Å². The van der Waals surface area contributed by atoms with Gasteiger partial charge in [0, 0.05) is 44.4 Å². The van der Waals surface area contributed by atoms with Crippen molar-refractivity contribution in [3.8, 4) is 0 Å². The Bertz CT molecular complexity index is 1440. The molecule has 0 aromatic carbocycles. The van der Waals surface area contributed by atoms with E-state index in [4.69, 9.17) is 42.4 Å². The first-order valence-electron chi connectivity index (χ1n) is 22.5. The molecule has 16 heteroatoms. The molecule has 15 nitrogen and oxygen atoms in total. The second kappa shape index (κ2) is 20.9. The minimum absolute atomic E-state index is 0.209. The van der Waals surface area contributed by atoms with Gasteiger partial charge in [0.05, 0.1) is 59.5 Å². The topological polar surface area (TPSA) is 176 Å². The summed E-state index contributed by atoms with van der Waals surface area (Å²) in [6.07, 6.45) is -7.03. The highest BCUT2D eigenvalue weighted by Crippen LogP contribution is 2.43. The molecule has 3 aliphatic rings. The summed E-state index contributed by atoms with van der Waals surface area (Å²) in [7, 11) is 5.05. The van der Waals surface area contributed by atoms with Crippen LogP contribution < -0.4 is 0 Å². The number of aliphatic hydroxyl groups is 3. The number of methoxy groups -OCH3 is 2. The zero-order chi connectivity index (χ0) is 46.8. The second-order valence-corrected chi connectivity index (χ2v) is 25.6. The van der Waals surface area contributed by atoms with Gasteiger partial charge in [-0.25, -0.2) is 0 Å². The third kappa shape index (κ3) is 13.2. The van der Waals surface area contributed by atoms with Crippen molar-refractivity contribution in [2.45, 2.75) is 225 Å². The monoisotopic (exact) mass is 891 g/mol. The predicted octanol–water partition coefficient (Wildman–Crippen LogP) is 5.90. The molecule has 0 unspecified atom stereocenters. The maximum Gasteiger partial charge on any atom is 0.311 e. The number of ether oxygens (including phenoxy) is 7. The molecule has 3 saturated heterocycles. The lowest BCUT2D eigenvalue weighted by Crippen LogP contribution is -2.62. The summed E-state index contributed by atoms with van der Waals surface area (Å²) >= 11 is 0. The molecule has 0 aliphatic carbocycles. The Morgan fingerprint density at radius 1 is 0.885 bits per heavy atom. The van der Waals surface area contributed by atoms with E-state index in [1.807, 2.05) is 81.3 Å². The number of rotatable bonds is 11. The summed E-state index contributed by atoms with van der Waals surface area (Å²) in [5, 5.41) is 40.6.